The lowest BCUT2D eigenvalue weighted by Gasteiger charge is -2.08. The first-order valence-corrected chi connectivity index (χ1v) is 7.52. The van der Waals surface area contributed by atoms with Gasteiger partial charge in [-0.25, -0.2) is 4.79 Å². The van der Waals surface area contributed by atoms with Crippen LogP contribution in [0.25, 0.3) is 21.2 Å². The molecule has 0 spiro atoms. The minimum atomic E-state index is -0.923. The predicted molar refractivity (Wildman–Crippen MR) is 86.5 cm³/mol. The zero-order valence-electron chi connectivity index (χ0n) is 11.8. The minimum absolute atomic E-state index is 0.0724. The van der Waals surface area contributed by atoms with E-state index >= 15 is 0 Å². The van der Waals surface area contributed by atoms with Crippen LogP contribution in [0.4, 0.5) is 0 Å². The van der Waals surface area contributed by atoms with Crippen LogP contribution < -0.4 is 0 Å². The van der Waals surface area contributed by atoms with E-state index in [9.17, 15) is 15.0 Å². The van der Waals surface area contributed by atoms with Gasteiger partial charge < -0.3 is 15.3 Å². The number of phenols is 1. The van der Waals surface area contributed by atoms with E-state index in [1.807, 2.05) is 25.1 Å². The summed E-state index contributed by atoms with van der Waals surface area (Å²) >= 11 is 1.24. The molecule has 1 heterocycles. The van der Waals surface area contributed by atoms with Gasteiger partial charge in [-0.3, -0.25) is 0 Å². The molecule has 4 nitrogen and oxygen atoms in total. The summed E-state index contributed by atoms with van der Waals surface area (Å²) in [6.07, 6.45) is 0. The first-order chi connectivity index (χ1) is 10.5. The summed E-state index contributed by atoms with van der Waals surface area (Å²) in [5.74, 6) is -0.851. The number of aromatic hydroxyl groups is 1. The average Bonchev–Trinajstić information content (AvgIpc) is 2.89. The number of rotatable bonds is 3. The van der Waals surface area contributed by atoms with Crippen molar-refractivity contribution < 1.29 is 20.1 Å². The summed E-state index contributed by atoms with van der Waals surface area (Å²) in [6.45, 7) is 1.65. The Morgan fingerprint density at radius 3 is 2.59 bits per heavy atom. The zero-order chi connectivity index (χ0) is 15.9. The topological polar surface area (TPSA) is 77.8 Å². The summed E-state index contributed by atoms with van der Waals surface area (Å²) < 4.78 is 0. The molecule has 0 radical (unpaired) electrons. The van der Waals surface area contributed by atoms with E-state index in [-0.39, 0.29) is 12.4 Å². The van der Waals surface area contributed by atoms with Gasteiger partial charge in [-0.05, 0) is 47.0 Å². The molecule has 2 aromatic carbocycles. The number of aromatic carboxylic acids is 1. The number of hydrogen-bond donors (Lipinski definition) is 3. The highest BCUT2D eigenvalue weighted by Gasteiger charge is 2.14. The van der Waals surface area contributed by atoms with Crippen LogP contribution in [0.1, 0.15) is 20.8 Å². The van der Waals surface area contributed by atoms with Crippen molar-refractivity contribution >= 4 is 28.1 Å². The first-order valence-electron chi connectivity index (χ1n) is 6.71. The highest BCUT2D eigenvalue weighted by Crippen LogP contribution is 2.36. The van der Waals surface area contributed by atoms with Crippen molar-refractivity contribution in [3.8, 4) is 16.2 Å². The van der Waals surface area contributed by atoms with Gasteiger partial charge in [0.05, 0.1) is 6.61 Å². The Bertz CT molecular complexity index is 880. The van der Waals surface area contributed by atoms with Gasteiger partial charge in [-0.2, -0.15) is 0 Å². The molecule has 3 N–H and O–H groups in total. The van der Waals surface area contributed by atoms with Gasteiger partial charge in [-0.15, -0.1) is 11.3 Å². The molecule has 0 aliphatic rings. The lowest BCUT2D eigenvalue weighted by Crippen LogP contribution is -1.89. The van der Waals surface area contributed by atoms with E-state index in [2.05, 4.69) is 0 Å². The minimum Gasteiger partial charge on any atom is -0.508 e. The standard InChI is InChI=1S/C17H14O4S/c1-9-6-15(17(20)21)22-16(9)11-2-4-12-10(7-11)3-5-14(19)13(12)8-18/h2-7,18-19H,8H2,1H3,(H,20,21). The Balaban J connectivity index is 2.17. The molecule has 0 saturated carbocycles. The quantitative estimate of drug-likeness (QED) is 0.687. The second-order valence-electron chi connectivity index (χ2n) is 5.09. The van der Waals surface area contributed by atoms with E-state index < -0.39 is 5.97 Å². The maximum absolute atomic E-state index is 11.1. The smallest absolute Gasteiger partial charge is 0.345 e. The molecular weight excluding hydrogens is 300 g/mol. The second kappa shape index (κ2) is 5.44. The SMILES string of the molecule is Cc1cc(C(=O)O)sc1-c1ccc2c(CO)c(O)ccc2c1. The molecule has 0 bridgehead atoms. The Hall–Kier alpha value is -2.37. The number of fused-ring (bicyclic) bond motifs is 1. The number of aliphatic hydroxyl groups excluding tert-OH is 1. The number of aliphatic hydroxyl groups is 1. The molecule has 5 heteroatoms. The maximum Gasteiger partial charge on any atom is 0.345 e. The Kier molecular flexibility index (Phi) is 3.60. The zero-order valence-corrected chi connectivity index (χ0v) is 12.6. The van der Waals surface area contributed by atoms with Crippen molar-refractivity contribution in [3.63, 3.8) is 0 Å². The van der Waals surface area contributed by atoms with Crippen LogP contribution in [0.3, 0.4) is 0 Å². The molecule has 0 aliphatic heterocycles. The Morgan fingerprint density at radius 2 is 1.95 bits per heavy atom. The number of carboxylic acid groups (broad SMARTS) is 1. The second-order valence-corrected chi connectivity index (χ2v) is 6.14. The van der Waals surface area contributed by atoms with Crippen LogP contribution in [0.5, 0.6) is 5.75 Å². The van der Waals surface area contributed by atoms with Crippen LogP contribution in [0.2, 0.25) is 0 Å². The number of carboxylic acids is 1. The molecule has 1 aromatic heterocycles. The lowest BCUT2D eigenvalue weighted by molar-refractivity contribution is 0.0702. The van der Waals surface area contributed by atoms with Crippen molar-refractivity contribution in [2.75, 3.05) is 0 Å². The lowest BCUT2D eigenvalue weighted by atomic mass is 10.00. The molecule has 112 valence electrons. The van der Waals surface area contributed by atoms with E-state index in [0.717, 1.165) is 26.8 Å². The third-order valence-corrected chi connectivity index (χ3v) is 4.93. The number of benzene rings is 2. The largest absolute Gasteiger partial charge is 0.508 e. The summed E-state index contributed by atoms with van der Waals surface area (Å²) in [7, 11) is 0. The normalized spacial score (nSPS) is 11.0. The van der Waals surface area contributed by atoms with Gasteiger partial charge in [0.25, 0.3) is 0 Å². The molecule has 3 rings (SSSR count). The van der Waals surface area contributed by atoms with Crippen molar-refractivity contribution in [2.45, 2.75) is 13.5 Å². The van der Waals surface area contributed by atoms with Crippen molar-refractivity contribution in [3.05, 3.63) is 52.4 Å². The number of hydrogen-bond acceptors (Lipinski definition) is 4. The number of carbonyl (C=O) groups is 1. The average molecular weight is 314 g/mol. The van der Waals surface area contributed by atoms with E-state index in [1.165, 1.54) is 11.3 Å². The van der Waals surface area contributed by atoms with Gasteiger partial charge in [0.1, 0.15) is 10.6 Å². The summed E-state index contributed by atoms with van der Waals surface area (Å²) in [6, 6.07) is 10.7. The van der Waals surface area contributed by atoms with Crippen molar-refractivity contribution in [1.82, 2.24) is 0 Å². The van der Waals surface area contributed by atoms with Gasteiger partial charge in [0.2, 0.25) is 0 Å². The monoisotopic (exact) mass is 314 g/mol. The molecule has 3 aromatic rings. The first kappa shape index (κ1) is 14.6. The van der Waals surface area contributed by atoms with Crippen LogP contribution in [0, 0.1) is 6.92 Å². The van der Waals surface area contributed by atoms with Gasteiger partial charge in [0.15, 0.2) is 0 Å². The van der Waals surface area contributed by atoms with Crippen LogP contribution in [-0.4, -0.2) is 21.3 Å². The fourth-order valence-electron chi connectivity index (χ4n) is 2.56. The highest BCUT2D eigenvalue weighted by atomic mass is 32.1. The number of thiophene rings is 1. The molecule has 0 amide bonds. The fourth-order valence-corrected chi connectivity index (χ4v) is 3.57. The summed E-state index contributed by atoms with van der Waals surface area (Å²) in [5, 5.41) is 29.9. The van der Waals surface area contributed by atoms with Gasteiger partial charge >= 0.3 is 5.97 Å². The van der Waals surface area contributed by atoms with E-state index in [4.69, 9.17) is 5.11 Å². The molecule has 0 atom stereocenters. The van der Waals surface area contributed by atoms with E-state index in [1.54, 1.807) is 18.2 Å². The van der Waals surface area contributed by atoms with Gasteiger partial charge in [-0.1, -0.05) is 18.2 Å². The summed E-state index contributed by atoms with van der Waals surface area (Å²) in [5.41, 5.74) is 2.35. The van der Waals surface area contributed by atoms with Crippen LogP contribution in [0.15, 0.2) is 36.4 Å². The molecular formula is C17H14O4S. The molecule has 0 unspecified atom stereocenters. The van der Waals surface area contributed by atoms with Crippen molar-refractivity contribution in [1.29, 1.82) is 0 Å². The third kappa shape index (κ3) is 2.34. The molecule has 0 saturated heterocycles. The Labute approximate surface area is 130 Å². The van der Waals surface area contributed by atoms with Crippen molar-refractivity contribution in [2.24, 2.45) is 0 Å². The molecule has 0 aliphatic carbocycles. The van der Waals surface area contributed by atoms with Gasteiger partial charge in [0, 0.05) is 10.4 Å². The van der Waals surface area contributed by atoms with E-state index in [0.29, 0.717) is 10.4 Å². The fraction of sp³-hybridized carbons (Fsp3) is 0.118. The van der Waals surface area contributed by atoms with Crippen LogP contribution in [-0.2, 0) is 6.61 Å². The number of aryl methyl sites for hydroxylation is 1. The van der Waals surface area contributed by atoms with Crippen LogP contribution >= 0.6 is 11.3 Å². The summed E-state index contributed by atoms with van der Waals surface area (Å²) in [4.78, 5) is 12.3. The predicted octanol–water partition coefficient (Wildman–Crippen LogP) is 3.77. The highest BCUT2D eigenvalue weighted by molar-refractivity contribution is 7.17. The Morgan fingerprint density at radius 1 is 1.18 bits per heavy atom. The third-order valence-electron chi connectivity index (χ3n) is 3.66. The molecule has 0 fully saturated rings. The molecule has 22 heavy (non-hydrogen) atoms. The maximum atomic E-state index is 11.1.